The number of nitrogens with zero attached hydrogens (tertiary/aromatic N) is 2. The molecule has 122 valence electrons. The number of ether oxygens (including phenoxy) is 1. The van der Waals surface area contributed by atoms with Crippen molar-refractivity contribution in [3.05, 3.63) is 65.4 Å². The Hall–Kier alpha value is -2.60. The Labute approximate surface area is 149 Å². The number of hydrogen-bond donors (Lipinski definition) is 2. The predicted octanol–water partition coefficient (Wildman–Crippen LogP) is 5.13. The minimum Gasteiger partial charge on any atom is -0.494 e. The van der Waals surface area contributed by atoms with Gasteiger partial charge in [0.2, 0.25) is 0 Å². The predicted molar refractivity (Wildman–Crippen MR) is 100 cm³/mol. The molecule has 3 rings (SSSR count). The van der Waals surface area contributed by atoms with Crippen molar-refractivity contribution in [1.29, 1.82) is 0 Å². The highest BCUT2D eigenvalue weighted by Crippen LogP contribution is 2.22. The SMILES string of the molecule is CCOc1ccc(Nc2cc(Nc3cccc(Br)c3)ncn2)cc1. The number of halogens is 1. The molecule has 0 saturated carbocycles. The van der Waals surface area contributed by atoms with Crippen LogP contribution in [0.1, 0.15) is 6.92 Å². The number of benzene rings is 2. The lowest BCUT2D eigenvalue weighted by molar-refractivity contribution is 0.340. The molecule has 0 aliphatic carbocycles. The molecular formula is C18H17BrN4O. The zero-order valence-electron chi connectivity index (χ0n) is 13.2. The van der Waals surface area contributed by atoms with E-state index in [-0.39, 0.29) is 0 Å². The molecule has 1 aromatic heterocycles. The average Bonchev–Trinajstić information content (AvgIpc) is 2.57. The zero-order chi connectivity index (χ0) is 16.8. The normalized spacial score (nSPS) is 10.2. The van der Waals surface area contributed by atoms with Gasteiger partial charge in [0.25, 0.3) is 0 Å². The van der Waals surface area contributed by atoms with E-state index in [0.717, 1.165) is 27.4 Å². The second kappa shape index (κ2) is 7.79. The summed E-state index contributed by atoms with van der Waals surface area (Å²) in [5, 5.41) is 6.51. The summed E-state index contributed by atoms with van der Waals surface area (Å²) in [6.45, 7) is 2.62. The quantitative estimate of drug-likeness (QED) is 0.617. The van der Waals surface area contributed by atoms with Crippen LogP contribution in [0.15, 0.2) is 65.4 Å². The van der Waals surface area contributed by atoms with Crippen molar-refractivity contribution in [3.63, 3.8) is 0 Å². The first-order chi connectivity index (χ1) is 11.7. The van der Waals surface area contributed by atoms with Gasteiger partial charge in [0.1, 0.15) is 23.7 Å². The van der Waals surface area contributed by atoms with Crippen molar-refractivity contribution in [2.24, 2.45) is 0 Å². The van der Waals surface area contributed by atoms with Crippen LogP contribution in [0.25, 0.3) is 0 Å². The molecule has 2 aromatic carbocycles. The van der Waals surface area contributed by atoms with Crippen LogP contribution in [0.2, 0.25) is 0 Å². The summed E-state index contributed by atoms with van der Waals surface area (Å²) in [5.74, 6) is 2.28. The molecule has 0 radical (unpaired) electrons. The smallest absolute Gasteiger partial charge is 0.135 e. The molecule has 0 bridgehead atoms. The molecule has 0 aliphatic rings. The summed E-state index contributed by atoms with van der Waals surface area (Å²) in [6.07, 6.45) is 1.53. The second-order valence-corrected chi connectivity index (χ2v) is 5.92. The van der Waals surface area contributed by atoms with Gasteiger partial charge in [-0.05, 0) is 49.4 Å². The average molecular weight is 385 g/mol. The van der Waals surface area contributed by atoms with Crippen molar-refractivity contribution in [1.82, 2.24) is 9.97 Å². The van der Waals surface area contributed by atoms with Gasteiger partial charge in [-0.2, -0.15) is 0 Å². The van der Waals surface area contributed by atoms with Gasteiger partial charge in [0, 0.05) is 21.9 Å². The third-order valence-electron chi connectivity index (χ3n) is 3.20. The lowest BCUT2D eigenvalue weighted by atomic mass is 10.3. The first kappa shape index (κ1) is 16.3. The van der Waals surface area contributed by atoms with Crippen molar-refractivity contribution in [2.75, 3.05) is 17.2 Å². The molecule has 5 nitrogen and oxygen atoms in total. The molecule has 3 aromatic rings. The van der Waals surface area contributed by atoms with Gasteiger partial charge in [0.15, 0.2) is 0 Å². The molecule has 0 unspecified atom stereocenters. The topological polar surface area (TPSA) is 59.1 Å². The minimum absolute atomic E-state index is 0.656. The van der Waals surface area contributed by atoms with Crippen molar-refractivity contribution >= 4 is 38.9 Å². The molecule has 2 N–H and O–H groups in total. The van der Waals surface area contributed by atoms with E-state index in [1.54, 1.807) is 0 Å². The fraction of sp³-hybridized carbons (Fsp3) is 0.111. The van der Waals surface area contributed by atoms with Crippen LogP contribution in [-0.4, -0.2) is 16.6 Å². The lowest BCUT2D eigenvalue weighted by Gasteiger charge is -2.09. The van der Waals surface area contributed by atoms with Crippen molar-refractivity contribution in [3.8, 4) is 5.75 Å². The first-order valence-electron chi connectivity index (χ1n) is 7.57. The summed E-state index contributed by atoms with van der Waals surface area (Å²) in [6, 6.07) is 17.5. The van der Waals surface area contributed by atoms with Crippen LogP contribution >= 0.6 is 15.9 Å². The largest absolute Gasteiger partial charge is 0.494 e. The van der Waals surface area contributed by atoms with E-state index < -0.39 is 0 Å². The number of anilines is 4. The van der Waals surface area contributed by atoms with Gasteiger partial charge < -0.3 is 15.4 Å². The van der Waals surface area contributed by atoms with Crippen LogP contribution in [-0.2, 0) is 0 Å². The fourth-order valence-electron chi connectivity index (χ4n) is 2.16. The van der Waals surface area contributed by atoms with E-state index in [9.17, 15) is 0 Å². The highest BCUT2D eigenvalue weighted by atomic mass is 79.9. The number of rotatable bonds is 6. The Kier molecular flexibility index (Phi) is 5.28. The molecule has 0 fully saturated rings. The fourth-order valence-corrected chi connectivity index (χ4v) is 2.56. The van der Waals surface area contributed by atoms with Crippen LogP contribution in [0.5, 0.6) is 5.75 Å². The number of aromatic nitrogens is 2. The summed E-state index contributed by atoms with van der Waals surface area (Å²) in [7, 11) is 0. The van der Waals surface area contributed by atoms with E-state index in [2.05, 4.69) is 36.5 Å². The Balaban J connectivity index is 1.70. The van der Waals surface area contributed by atoms with Crippen LogP contribution in [0, 0.1) is 0 Å². The zero-order valence-corrected chi connectivity index (χ0v) is 14.7. The minimum atomic E-state index is 0.656. The van der Waals surface area contributed by atoms with Crippen LogP contribution in [0.4, 0.5) is 23.0 Å². The number of nitrogens with one attached hydrogen (secondary N) is 2. The highest BCUT2D eigenvalue weighted by molar-refractivity contribution is 9.10. The Morgan fingerprint density at radius 2 is 1.62 bits per heavy atom. The Morgan fingerprint density at radius 1 is 0.917 bits per heavy atom. The first-order valence-corrected chi connectivity index (χ1v) is 8.37. The monoisotopic (exact) mass is 384 g/mol. The van der Waals surface area contributed by atoms with Gasteiger partial charge in [0.05, 0.1) is 6.61 Å². The number of hydrogen-bond acceptors (Lipinski definition) is 5. The molecule has 0 saturated heterocycles. The summed E-state index contributed by atoms with van der Waals surface area (Å²) in [5.41, 5.74) is 1.89. The molecule has 1 heterocycles. The highest BCUT2D eigenvalue weighted by Gasteiger charge is 2.02. The molecule has 24 heavy (non-hydrogen) atoms. The van der Waals surface area contributed by atoms with E-state index in [4.69, 9.17) is 4.74 Å². The van der Waals surface area contributed by atoms with Crippen molar-refractivity contribution in [2.45, 2.75) is 6.92 Å². The Bertz CT molecular complexity index is 808. The molecule has 0 aliphatic heterocycles. The van der Waals surface area contributed by atoms with E-state index in [0.29, 0.717) is 12.4 Å². The Morgan fingerprint density at radius 3 is 2.29 bits per heavy atom. The molecule has 0 spiro atoms. The van der Waals surface area contributed by atoms with Crippen molar-refractivity contribution < 1.29 is 4.74 Å². The summed E-state index contributed by atoms with van der Waals surface area (Å²) in [4.78, 5) is 8.50. The standard InChI is InChI=1S/C18H17BrN4O/c1-2-24-16-8-6-14(7-9-16)22-17-11-18(21-12-20-17)23-15-5-3-4-13(19)10-15/h3-12H,2H2,1H3,(H2,20,21,22,23). The van der Waals surface area contributed by atoms with Crippen LogP contribution < -0.4 is 15.4 Å². The second-order valence-electron chi connectivity index (χ2n) is 5.01. The van der Waals surface area contributed by atoms with Gasteiger partial charge in [-0.3, -0.25) is 0 Å². The third kappa shape index (κ3) is 4.45. The maximum absolute atomic E-state index is 5.44. The third-order valence-corrected chi connectivity index (χ3v) is 3.70. The van der Waals surface area contributed by atoms with Gasteiger partial charge in [-0.15, -0.1) is 0 Å². The maximum atomic E-state index is 5.44. The van der Waals surface area contributed by atoms with Gasteiger partial charge >= 0.3 is 0 Å². The maximum Gasteiger partial charge on any atom is 0.135 e. The summed E-state index contributed by atoms with van der Waals surface area (Å²) < 4.78 is 6.45. The van der Waals surface area contributed by atoms with Crippen LogP contribution in [0.3, 0.4) is 0 Å². The molecule has 0 amide bonds. The summed E-state index contributed by atoms with van der Waals surface area (Å²) >= 11 is 3.46. The van der Waals surface area contributed by atoms with E-state index in [1.807, 2.05) is 61.5 Å². The molecular weight excluding hydrogens is 368 g/mol. The lowest BCUT2D eigenvalue weighted by Crippen LogP contribution is -1.98. The van der Waals surface area contributed by atoms with Gasteiger partial charge in [-0.1, -0.05) is 22.0 Å². The molecule has 0 atom stereocenters. The van der Waals surface area contributed by atoms with E-state index >= 15 is 0 Å². The molecule has 6 heteroatoms. The van der Waals surface area contributed by atoms with Gasteiger partial charge in [-0.25, -0.2) is 9.97 Å². The van der Waals surface area contributed by atoms with E-state index in [1.165, 1.54) is 6.33 Å².